The van der Waals surface area contributed by atoms with E-state index in [1.807, 2.05) is 19.9 Å². The first-order valence-electron chi connectivity index (χ1n) is 5.69. The minimum atomic E-state index is -0.218. The van der Waals surface area contributed by atoms with Gasteiger partial charge in [0.25, 0.3) is 0 Å². The van der Waals surface area contributed by atoms with Crippen LogP contribution in [0.1, 0.15) is 25.6 Å². The van der Waals surface area contributed by atoms with Crippen LogP contribution in [-0.4, -0.2) is 22.9 Å². The van der Waals surface area contributed by atoms with Gasteiger partial charge in [0.1, 0.15) is 17.1 Å². The highest BCUT2D eigenvalue weighted by Gasteiger charge is 2.16. The normalized spacial score (nSPS) is 13.4. The Balaban J connectivity index is 2.34. The molecule has 0 aliphatic carbocycles. The van der Waals surface area contributed by atoms with Gasteiger partial charge in [-0.1, -0.05) is 13.8 Å². The Bertz CT molecular complexity index is 504. The van der Waals surface area contributed by atoms with E-state index in [1.165, 1.54) is 0 Å². The molecule has 0 saturated carbocycles. The second-order valence-corrected chi connectivity index (χ2v) is 4.43. The van der Waals surface area contributed by atoms with E-state index in [-0.39, 0.29) is 24.4 Å². The second kappa shape index (κ2) is 4.77. The molecule has 1 atom stereocenters. The maximum absolute atomic E-state index is 9.37. The van der Waals surface area contributed by atoms with Crippen LogP contribution in [0, 0.1) is 0 Å². The minimum Gasteiger partial charge on any atom is -0.508 e. The lowest BCUT2D eigenvalue weighted by molar-refractivity contribution is 0.221. The number of phenols is 1. The van der Waals surface area contributed by atoms with E-state index in [1.54, 1.807) is 18.2 Å². The third-order valence-corrected chi connectivity index (χ3v) is 2.58. The van der Waals surface area contributed by atoms with Crippen LogP contribution in [0.25, 0.3) is 11.0 Å². The fraction of sp³-hybridized carbons (Fsp3) is 0.385. The molecule has 1 aromatic heterocycles. The summed E-state index contributed by atoms with van der Waals surface area (Å²) in [7, 11) is 0. The number of hydrogen-bond acceptors (Lipinski definition) is 4. The van der Waals surface area contributed by atoms with Crippen molar-refractivity contribution in [2.24, 2.45) is 0 Å². The van der Waals surface area contributed by atoms with Crippen LogP contribution < -0.4 is 5.32 Å². The summed E-state index contributed by atoms with van der Waals surface area (Å²) in [6.45, 7) is 4.00. The topological polar surface area (TPSA) is 65.6 Å². The Labute approximate surface area is 99.9 Å². The van der Waals surface area contributed by atoms with E-state index >= 15 is 0 Å². The van der Waals surface area contributed by atoms with Crippen LogP contribution in [0.5, 0.6) is 5.75 Å². The molecule has 0 spiro atoms. The highest BCUT2D eigenvalue weighted by atomic mass is 16.3. The molecule has 0 amide bonds. The zero-order valence-electron chi connectivity index (χ0n) is 9.97. The van der Waals surface area contributed by atoms with Crippen molar-refractivity contribution in [1.29, 1.82) is 0 Å². The van der Waals surface area contributed by atoms with Gasteiger partial charge in [0.15, 0.2) is 0 Å². The third-order valence-electron chi connectivity index (χ3n) is 2.58. The molecule has 1 heterocycles. The van der Waals surface area contributed by atoms with Crippen LogP contribution in [0.2, 0.25) is 0 Å². The predicted octanol–water partition coefficient (Wildman–Crippen LogP) is 2.17. The molecule has 92 valence electrons. The first kappa shape index (κ1) is 12.0. The summed E-state index contributed by atoms with van der Waals surface area (Å²) in [6, 6.07) is 6.83. The molecule has 2 aromatic rings. The van der Waals surface area contributed by atoms with Crippen LogP contribution in [-0.2, 0) is 0 Å². The van der Waals surface area contributed by atoms with Gasteiger partial charge in [0.2, 0.25) is 0 Å². The highest BCUT2D eigenvalue weighted by Crippen LogP contribution is 2.26. The molecular weight excluding hydrogens is 218 g/mol. The van der Waals surface area contributed by atoms with E-state index < -0.39 is 0 Å². The summed E-state index contributed by atoms with van der Waals surface area (Å²) in [5, 5.41) is 22.8. The van der Waals surface area contributed by atoms with E-state index in [4.69, 9.17) is 4.42 Å². The Morgan fingerprint density at radius 1 is 1.29 bits per heavy atom. The van der Waals surface area contributed by atoms with E-state index in [0.29, 0.717) is 11.3 Å². The van der Waals surface area contributed by atoms with Crippen LogP contribution in [0.3, 0.4) is 0 Å². The summed E-state index contributed by atoms with van der Waals surface area (Å²) >= 11 is 0. The number of nitrogens with one attached hydrogen (secondary N) is 1. The molecule has 2 rings (SSSR count). The van der Waals surface area contributed by atoms with Crippen molar-refractivity contribution in [2.45, 2.75) is 25.9 Å². The zero-order chi connectivity index (χ0) is 12.4. The number of aromatic hydroxyl groups is 1. The lowest BCUT2D eigenvalue weighted by atomic mass is 10.2. The van der Waals surface area contributed by atoms with Crippen molar-refractivity contribution in [3.05, 3.63) is 30.0 Å². The largest absolute Gasteiger partial charge is 0.508 e. The SMILES string of the molecule is CC(C)N[C@@H](CO)c1cc2cc(O)ccc2o1. The molecule has 0 unspecified atom stereocenters. The average molecular weight is 235 g/mol. The molecule has 3 N–H and O–H groups in total. The van der Waals surface area contributed by atoms with Crippen LogP contribution in [0.4, 0.5) is 0 Å². The maximum atomic E-state index is 9.37. The number of aliphatic hydroxyl groups is 1. The molecule has 1 aromatic carbocycles. The van der Waals surface area contributed by atoms with Gasteiger partial charge in [0, 0.05) is 11.4 Å². The van der Waals surface area contributed by atoms with Crippen molar-refractivity contribution in [3.8, 4) is 5.75 Å². The summed E-state index contributed by atoms with van der Waals surface area (Å²) in [5.41, 5.74) is 0.710. The smallest absolute Gasteiger partial charge is 0.134 e. The van der Waals surface area contributed by atoms with Gasteiger partial charge in [-0.2, -0.15) is 0 Å². The second-order valence-electron chi connectivity index (χ2n) is 4.43. The lowest BCUT2D eigenvalue weighted by Crippen LogP contribution is -2.30. The molecule has 0 bridgehead atoms. The van der Waals surface area contributed by atoms with Gasteiger partial charge in [-0.05, 0) is 24.3 Å². The molecule has 0 aliphatic heterocycles. The van der Waals surface area contributed by atoms with Crippen molar-refractivity contribution in [1.82, 2.24) is 5.32 Å². The van der Waals surface area contributed by atoms with Gasteiger partial charge in [-0.25, -0.2) is 0 Å². The number of furan rings is 1. The van der Waals surface area contributed by atoms with E-state index in [2.05, 4.69) is 5.32 Å². The van der Waals surface area contributed by atoms with Crippen LogP contribution >= 0.6 is 0 Å². The first-order chi connectivity index (χ1) is 8.10. The molecule has 0 radical (unpaired) electrons. The van der Waals surface area contributed by atoms with Gasteiger partial charge in [-0.3, -0.25) is 0 Å². The summed E-state index contributed by atoms with van der Waals surface area (Å²) < 4.78 is 5.64. The fourth-order valence-corrected chi connectivity index (χ4v) is 1.85. The number of fused-ring (bicyclic) bond motifs is 1. The Kier molecular flexibility index (Phi) is 3.36. The van der Waals surface area contributed by atoms with Gasteiger partial charge >= 0.3 is 0 Å². The first-order valence-corrected chi connectivity index (χ1v) is 5.69. The Morgan fingerprint density at radius 2 is 2.06 bits per heavy atom. The van der Waals surface area contributed by atoms with E-state index in [0.717, 1.165) is 5.39 Å². The lowest BCUT2D eigenvalue weighted by Gasteiger charge is -2.16. The molecular formula is C13H17NO3. The fourth-order valence-electron chi connectivity index (χ4n) is 1.85. The number of rotatable bonds is 4. The zero-order valence-corrected chi connectivity index (χ0v) is 9.97. The number of hydrogen-bond donors (Lipinski definition) is 3. The van der Waals surface area contributed by atoms with Crippen LogP contribution in [0.15, 0.2) is 28.7 Å². The molecule has 4 nitrogen and oxygen atoms in total. The third kappa shape index (κ3) is 2.60. The monoisotopic (exact) mass is 235 g/mol. The summed E-state index contributed by atoms with van der Waals surface area (Å²) in [6.07, 6.45) is 0. The van der Waals surface area contributed by atoms with Gasteiger partial charge in [-0.15, -0.1) is 0 Å². The molecule has 0 saturated heterocycles. The Hall–Kier alpha value is -1.52. The number of phenolic OH excluding ortho intramolecular Hbond substituents is 1. The predicted molar refractivity (Wildman–Crippen MR) is 66.0 cm³/mol. The van der Waals surface area contributed by atoms with Gasteiger partial charge < -0.3 is 19.9 Å². The molecule has 17 heavy (non-hydrogen) atoms. The van der Waals surface area contributed by atoms with Crippen molar-refractivity contribution < 1.29 is 14.6 Å². The maximum Gasteiger partial charge on any atom is 0.134 e. The minimum absolute atomic E-state index is 0.0238. The average Bonchev–Trinajstić information content (AvgIpc) is 2.68. The number of benzene rings is 1. The summed E-state index contributed by atoms with van der Waals surface area (Å²) in [4.78, 5) is 0. The summed E-state index contributed by atoms with van der Waals surface area (Å²) in [5.74, 6) is 0.893. The van der Waals surface area contributed by atoms with Crippen molar-refractivity contribution in [2.75, 3.05) is 6.61 Å². The molecule has 4 heteroatoms. The van der Waals surface area contributed by atoms with Crippen molar-refractivity contribution in [3.63, 3.8) is 0 Å². The van der Waals surface area contributed by atoms with Gasteiger partial charge in [0.05, 0.1) is 12.6 Å². The standard InChI is InChI=1S/C13H17NO3/c1-8(2)14-11(7-15)13-6-9-5-10(16)3-4-12(9)17-13/h3-6,8,11,14-16H,7H2,1-2H3/t11-/m0/s1. The highest BCUT2D eigenvalue weighted by molar-refractivity contribution is 5.79. The number of aliphatic hydroxyl groups excluding tert-OH is 1. The van der Waals surface area contributed by atoms with Crippen molar-refractivity contribution >= 4 is 11.0 Å². The molecule has 0 fully saturated rings. The molecule has 0 aliphatic rings. The van der Waals surface area contributed by atoms with E-state index in [9.17, 15) is 10.2 Å². The Morgan fingerprint density at radius 3 is 2.71 bits per heavy atom. The quantitative estimate of drug-likeness (QED) is 0.760.